The second-order valence-corrected chi connectivity index (χ2v) is 6.28. The van der Waals surface area contributed by atoms with Gasteiger partial charge < -0.3 is 0 Å². The van der Waals surface area contributed by atoms with E-state index in [9.17, 15) is 0 Å². The van der Waals surface area contributed by atoms with Crippen molar-refractivity contribution in [1.29, 1.82) is 0 Å². The third-order valence-corrected chi connectivity index (χ3v) is 4.19. The zero-order valence-corrected chi connectivity index (χ0v) is 12.7. The van der Waals surface area contributed by atoms with Gasteiger partial charge in [0.15, 0.2) is 0 Å². The molecule has 0 unspecified atom stereocenters. The first-order valence-corrected chi connectivity index (χ1v) is 7.78. The van der Waals surface area contributed by atoms with Crippen LogP contribution in [0.2, 0.25) is 0 Å². The molecule has 1 aliphatic heterocycles. The van der Waals surface area contributed by atoms with Crippen LogP contribution >= 0.6 is 0 Å². The molecule has 0 aromatic carbocycles. The van der Waals surface area contributed by atoms with E-state index in [-0.39, 0.29) is 0 Å². The number of aromatic nitrogens is 3. The van der Waals surface area contributed by atoms with Crippen LogP contribution in [-0.4, -0.2) is 33.0 Å². The molecule has 108 valence electrons. The Bertz CT molecular complexity index is 364. The van der Waals surface area contributed by atoms with E-state index in [0.717, 1.165) is 30.6 Å². The largest absolute Gasteiger partial charge is 0.297 e. The van der Waals surface area contributed by atoms with Gasteiger partial charge in [0.05, 0.1) is 5.69 Å². The summed E-state index contributed by atoms with van der Waals surface area (Å²) in [6, 6.07) is 0. The van der Waals surface area contributed by atoms with E-state index in [1.807, 2.05) is 4.68 Å². The maximum Gasteiger partial charge on any atom is 0.0967 e. The van der Waals surface area contributed by atoms with Crippen LogP contribution in [0, 0.1) is 11.8 Å². The molecule has 0 radical (unpaired) electrons. The van der Waals surface area contributed by atoms with E-state index < -0.39 is 0 Å². The van der Waals surface area contributed by atoms with Crippen molar-refractivity contribution in [2.24, 2.45) is 11.8 Å². The molecule has 0 aliphatic carbocycles. The topological polar surface area (TPSA) is 34.0 Å². The minimum atomic E-state index is 0.723. The van der Waals surface area contributed by atoms with Gasteiger partial charge in [-0.15, -0.1) is 5.10 Å². The van der Waals surface area contributed by atoms with Crippen molar-refractivity contribution in [3.8, 4) is 0 Å². The van der Waals surface area contributed by atoms with Crippen molar-refractivity contribution in [1.82, 2.24) is 19.9 Å². The molecule has 1 fully saturated rings. The van der Waals surface area contributed by atoms with Gasteiger partial charge in [0, 0.05) is 19.3 Å². The Morgan fingerprint density at radius 2 is 2.05 bits per heavy atom. The molecule has 2 heterocycles. The van der Waals surface area contributed by atoms with Crippen LogP contribution in [0.5, 0.6) is 0 Å². The van der Waals surface area contributed by atoms with Gasteiger partial charge in [0.2, 0.25) is 0 Å². The highest BCUT2D eigenvalue weighted by molar-refractivity contribution is 4.93. The molecule has 0 amide bonds. The fourth-order valence-electron chi connectivity index (χ4n) is 2.69. The first-order valence-electron chi connectivity index (χ1n) is 7.78. The Labute approximate surface area is 117 Å². The van der Waals surface area contributed by atoms with E-state index in [1.54, 1.807) is 0 Å². The summed E-state index contributed by atoms with van der Waals surface area (Å²) in [4.78, 5) is 2.52. The SMILES string of the molecule is CCC1CCN(Cc2cn(CCC(C)C)nn2)CC1. The van der Waals surface area contributed by atoms with Crippen molar-refractivity contribution in [3.63, 3.8) is 0 Å². The molecule has 0 bridgehead atoms. The summed E-state index contributed by atoms with van der Waals surface area (Å²) in [5, 5.41) is 8.52. The van der Waals surface area contributed by atoms with Crippen LogP contribution < -0.4 is 0 Å². The Morgan fingerprint density at radius 3 is 2.68 bits per heavy atom. The van der Waals surface area contributed by atoms with Gasteiger partial charge in [-0.2, -0.15) is 0 Å². The summed E-state index contributed by atoms with van der Waals surface area (Å²) < 4.78 is 1.99. The molecule has 1 saturated heterocycles. The lowest BCUT2D eigenvalue weighted by atomic mass is 9.94. The molecule has 1 aromatic heterocycles. The third kappa shape index (κ3) is 4.60. The van der Waals surface area contributed by atoms with Crippen LogP contribution in [0.1, 0.15) is 52.1 Å². The Kier molecular flexibility index (Phi) is 5.37. The Morgan fingerprint density at radius 1 is 1.32 bits per heavy atom. The minimum absolute atomic E-state index is 0.723. The molecular formula is C15H28N4. The zero-order chi connectivity index (χ0) is 13.7. The van der Waals surface area contributed by atoms with Gasteiger partial charge in [0.1, 0.15) is 0 Å². The average Bonchev–Trinajstić information content (AvgIpc) is 2.85. The van der Waals surface area contributed by atoms with Crippen LogP contribution in [0.3, 0.4) is 0 Å². The highest BCUT2D eigenvalue weighted by Crippen LogP contribution is 2.20. The van der Waals surface area contributed by atoms with Crippen LogP contribution in [0.25, 0.3) is 0 Å². The molecular weight excluding hydrogens is 236 g/mol. The van der Waals surface area contributed by atoms with Crippen molar-refractivity contribution in [2.45, 2.75) is 59.5 Å². The highest BCUT2D eigenvalue weighted by Gasteiger charge is 2.18. The van der Waals surface area contributed by atoms with Crippen LogP contribution in [-0.2, 0) is 13.1 Å². The molecule has 0 saturated carbocycles. The molecule has 19 heavy (non-hydrogen) atoms. The number of rotatable bonds is 6. The summed E-state index contributed by atoms with van der Waals surface area (Å²) in [5.74, 6) is 1.67. The molecule has 1 aliphatic rings. The van der Waals surface area contributed by atoms with Gasteiger partial charge >= 0.3 is 0 Å². The molecule has 4 heteroatoms. The summed E-state index contributed by atoms with van der Waals surface area (Å²) in [6.45, 7) is 11.2. The number of hydrogen-bond donors (Lipinski definition) is 0. The second kappa shape index (κ2) is 7.04. The first-order chi connectivity index (χ1) is 9.17. The number of likely N-dealkylation sites (tertiary alicyclic amines) is 1. The standard InChI is InChI=1S/C15H28N4/c1-4-14-6-8-18(9-7-14)11-15-12-19(17-16-15)10-5-13(2)3/h12-14H,4-11H2,1-3H3. The van der Waals surface area contributed by atoms with E-state index in [4.69, 9.17) is 0 Å². The summed E-state index contributed by atoms with van der Waals surface area (Å²) in [6.07, 6.45) is 7.31. The maximum atomic E-state index is 4.30. The Hall–Kier alpha value is -0.900. The van der Waals surface area contributed by atoms with Crippen molar-refractivity contribution < 1.29 is 0 Å². The fraction of sp³-hybridized carbons (Fsp3) is 0.867. The quantitative estimate of drug-likeness (QED) is 0.792. The molecule has 1 aromatic rings. The van der Waals surface area contributed by atoms with Crippen molar-refractivity contribution in [2.75, 3.05) is 13.1 Å². The molecule has 2 rings (SSSR count). The van der Waals surface area contributed by atoms with Gasteiger partial charge in [-0.1, -0.05) is 32.4 Å². The average molecular weight is 264 g/mol. The van der Waals surface area contributed by atoms with Crippen LogP contribution in [0.15, 0.2) is 6.20 Å². The summed E-state index contributed by atoms with van der Waals surface area (Å²) in [7, 11) is 0. The third-order valence-electron chi connectivity index (χ3n) is 4.19. The number of nitrogens with zero attached hydrogens (tertiary/aromatic N) is 4. The predicted molar refractivity (Wildman–Crippen MR) is 77.8 cm³/mol. The normalized spacial score (nSPS) is 18.3. The number of piperidine rings is 1. The number of hydrogen-bond acceptors (Lipinski definition) is 3. The smallest absolute Gasteiger partial charge is 0.0967 e. The first kappa shape index (κ1) is 14.5. The molecule has 4 nitrogen and oxygen atoms in total. The summed E-state index contributed by atoms with van der Waals surface area (Å²) in [5.41, 5.74) is 1.12. The minimum Gasteiger partial charge on any atom is -0.297 e. The Balaban J connectivity index is 1.77. The molecule has 0 atom stereocenters. The van der Waals surface area contributed by atoms with E-state index in [1.165, 1.54) is 38.8 Å². The molecule has 0 spiro atoms. The second-order valence-electron chi connectivity index (χ2n) is 6.28. The summed E-state index contributed by atoms with van der Waals surface area (Å²) >= 11 is 0. The lowest BCUT2D eigenvalue weighted by Gasteiger charge is -2.30. The van der Waals surface area contributed by atoms with Crippen molar-refractivity contribution in [3.05, 3.63) is 11.9 Å². The van der Waals surface area contributed by atoms with Crippen molar-refractivity contribution >= 4 is 0 Å². The highest BCUT2D eigenvalue weighted by atomic mass is 15.4. The van der Waals surface area contributed by atoms with E-state index in [0.29, 0.717) is 0 Å². The van der Waals surface area contributed by atoms with Gasteiger partial charge in [-0.25, -0.2) is 0 Å². The maximum absolute atomic E-state index is 4.30. The number of aryl methyl sites for hydroxylation is 1. The van der Waals surface area contributed by atoms with Gasteiger partial charge in [-0.05, 0) is 44.2 Å². The predicted octanol–water partition coefficient (Wildman–Crippen LogP) is 2.95. The van der Waals surface area contributed by atoms with Gasteiger partial charge in [0.25, 0.3) is 0 Å². The fourth-order valence-corrected chi connectivity index (χ4v) is 2.69. The van der Waals surface area contributed by atoms with Gasteiger partial charge in [-0.3, -0.25) is 9.58 Å². The van der Waals surface area contributed by atoms with E-state index >= 15 is 0 Å². The van der Waals surface area contributed by atoms with E-state index in [2.05, 4.69) is 42.2 Å². The van der Waals surface area contributed by atoms with Crippen LogP contribution in [0.4, 0.5) is 0 Å². The zero-order valence-electron chi connectivity index (χ0n) is 12.7. The lowest BCUT2D eigenvalue weighted by molar-refractivity contribution is 0.173. The monoisotopic (exact) mass is 264 g/mol. The lowest BCUT2D eigenvalue weighted by Crippen LogP contribution is -2.33. The molecule has 0 N–H and O–H groups in total.